The van der Waals surface area contributed by atoms with Crippen LogP contribution in [0.3, 0.4) is 0 Å². The van der Waals surface area contributed by atoms with Crippen LogP contribution in [0.2, 0.25) is 0 Å². The minimum Gasteiger partial charge on any atom is -0.469 e. The van der Waals surface area contributed by atoms with E-state index in [1.807, 2.05) is 0 Å². The lowest BCUT2D eigenvalue weighted by Gasteiger charge is -2.19. The molecule has 3 nitrogen and oxygen atoms in total. The van der Waals surface area contributed by atoms with Crippen LogP contribution in [0.1, 0.15) is 24.8 Å². The van der Waals surface area contributed by atoms with Crippen molar-refractivity contribution in [3.8, 4) is 0 Å². The monoisotopic (exact) mass is 251 g/mol. The maximum absolute atomic E-state index is 12.8. The first-order chi connectivity index (χ1) is 8.70. The standard InChI is InChI=1S/C14H18FNO2/c1-18-14(17)12-3-2-4-13(12)16-9-10-5-7-11(15)8-6-10/h5-8,12-13,16H,2-4,9H2,1H3/t12-,13-/m1/s1. The number of halogens is 1. The molecular formula is C14H18FNO2. The Labute approximate surface area is 106 Å². The molecule has 0 aliphatic heterocycles. The van der Waals surface area contributed by atoms with Crippen molar-refractivity contribution >= 4 is 5.97 Å². The van der Waals surface area contributed by atoms with E-state index in [0.717, 1.165) is 24.8 Å². The van der Waals surface area contributed by atoms with Gasteiger partial charge in [0, 0.05) is 12.6 Å². The Hall–Kier alpha value is -1.42. The first-order valence-corrected chi connectivity index (χ1v) is 6.26. The van der Waals surface area contributed by atoms with Crippen molar-refractivity contribution < 1.29 is 13.9 Å². The van der Waals surface area contributed by atoms with E-state index in [1.165, 1.54) is 19.2 Å². The van der Waals surface area contributed by atoms with Gasteiger partial charge in [-0.25, -0.2) is 4.39 Å². The van der Waals surface area contributed by atoms with Gasteiger partial charge in [-0.3, -0.25) is 4.79 Å². The lowest BCUT2D eigenvalue weighted by atomic mass is 10.0. The number of nitrogens with one attached hydrogen (secondary N) is 1. The lowest BCUT2D eigenvalue weighted by molar-refractivity contribution is -0.145. The van der Waals surface area contributed by atoms with Gasteiger partial charge in [-0.1, -0.05) is 18.6 Å². The molecule has 0 aromatic heterocycles. The smallest absolute Gasteiger partial charge is 0.310 e. The van der Waals surface area contributed by atoms with Crippen molar-refractivity contribution in [2.24, 2.45) is 5.92 Å². The fourth-order valence-electron chi connectivity index (χ4n) is 2.49. The summed E-state index contributed by atoms with van der Waals surface area (Å²) in [5, 5.41) is 3.36. The van der Waals surface area contributed by atoms with E-state index in [0.29, 0.717) is 6.54 Å². The van der Waals surface area contributed by atoms with Gasteiger partial charge in [0.15, 0.2) is 0 Å². The molecule has 2 atom stereocenters. The summed E-state index contributed by atoms with van der Waals surface area (Å²) in [6.45, 7) is 0.651. The first-order valence-electron chi connectivity index (χ1n) is 6.26. The maximum atomic E-state index is 12.8. The number of hydrogen-bond donors (Lipinski definition) is 1. The summed E-state index contributed by atoms with van der Waals surface area (Å²) in [4.78, 5) is 11.6. The molecule has 0 amide bonds. The molecule has 0 heterocycles. The van der Waals surface area contributed by atoms with E-state index < -0.39 is 0 Å². The molecule has 0 saturated heterocycles. The summed E-state index contributed by atoms with van der Waals surface area (Å²) in [5.41, 5.74) is 1.02. The van der Waals surface area contributed by atoms with Crippen molar-refractivity contribution in [3.63, 3.8) is 0 Å². The highest BCUT2D eigenvalue weighted by atomic mass is 19.1. The average Bonchev–Trinajstić information content (AvgIpc) is 2.85. The predicted octanol–water partition coefficient (Wildman–Crippen LogP) is 2.26. The molecule has 1 fully saturated rings. The zero-order valence-electron chi connectivity index (χ0n) is 10.5. The van der Waals surface area contributed by atoms with Gasteiger partial charge in [0.05, 0.1) is 13.0 Å². The maximum Gasteiger partial charge on any atom is 0.310 e. The van der Waals surface area contributed by atoms with Crippen LogP contribution in [0.25, 0.3) is 0 Å². The summed E-state index contributed by atoms with van der Waals surface area (Å²) in [7, 11) is 1.43. The molecule has 0 radical (unpaired) electrons. The second-order valence-corrected chi connectivity index (χ2v) is 4.67. The van der Waals surface area contributed by atoms with Crippen molar-refractivity contribution in [2.45, 2.75) is 31.8 Å². The number of hydrogen-bond acceptors (Lipinski definition) is 3. The van der Waals surface area contributed by atoms with Gasteiger partial charge < -0.3 is 10.1 Å². The molecule has 0 spiro atoms. The van der Waals surface area contributed by atoms with E-state index in [4.69, 9.17) is 4.74 Å². The van der Waals surface area contributed by atoms with Crippen molar-refractivity contribution in [1.29, 1.82) is 0 Å². The van der Waals surface area contributed by atoms with Crippen LogP contribution >= 0.6 is 0 Å². The second-order valence-electron chi connectivity index (χ2n) is 4.67. The van der Waals surface area contributed by atoms with Crippen molar-refractivity contribution in [3.05, 3.63) is 35.6 Å². The third-order valence-corrected chi connectivity index (χ3v) is 3.50. The highest BCUT2D eigenvalue weighted by molar-refractivity contribution is 5.73. The fraction of sp³-hybridized carbons (Fsp3) is 0.500. The molecule has 1 aliphatic rings. The van der Waals surface area contributed by atoms with Gasteiger partial charge in [0.2, 0.25) is 0 Å². The van der Waals surface area contributed by atoms with Crippen LogP contribution in [0.5, 0.6) is 0 Å². The SMILES string of the molecule is COC(=O)[C@@H]1CCC[C@H]1NCc1ccc(F)cc1. The van der Waals surface area contributed by atoms with E-state index in [1.54, 1.807) is 12.1 Å². The van der Waals surface area contributed by atoms with Gasteiger partial charge in [0.25, 0.3) is 0 Å². The van der Waals surface area contributed by atoms with Crippen LogP contribution < -0.4 is 5.32 Å². The largest absolute Gasteiger partial charge is 0.469 e. The zero-order chi connectivity index (χ0) is 13.0. The molecule has 2 rings (SSSR count). The Kier molecular flexibility index (Phi) is 4.31. The van der Waals surface area contributed by atoms with Crippen LogP contribution in [0.15, 0.2) is 24.3 Å². The number of methoxy groups -OCH3 is 1. The molecule has 1 aromatic rings. The summed E-state index contributed by atoms with van der Waals surface area (Å²) in [6, 6.07) is 6.57. The van der Waals surface area contributed by atoms with E-state index >= 15 is 0 Å². The topological polar surface area (TPSA) is 38.3 Å². The first kappa shape index (κ1) is 13.0. The minimum absolute atomic E-state index is 0.0459. The van der Waals surface area contributed by atoms with Crippen LogP contribution in [-0.4, -0.2) is 19.1 Å². The third kappa shape index (κ3) is 3.07. The third-order valence-electron chi connectivity index (χ3n) is 3.50. The molecule has 0 bridgehead atoms. The number of rotatable bonds is 4. The Morgan fingerprint density at radius 1 is 1.39 bits per heavy atom. The highest BCUT2D eigenvalue weighted by Gasteiger charge is 2.33. The van der Waals surface area contributed by atoms with Crippen LogP contribution in [-0.2, 0) is 16.1 Å². The van der Waals surface area contributed by atoms with E-state index in [9.17, 15) is 9.18 Å². The Morgan fingerprint density at radius 2 is 2.11 bits per heavy atom. The summed E-state index contributed by atoms with van der Waals surface area (Å²) in [5.74, 6) is -0.411. The lowest BCUT2D eigenvalue weighted by Crippen LogP contribution is -2.36. The fourth-order valence-corrected chi connectivity index (χ4v) is 2.49. The molecule has 0 unspecified atom stereocenters. The van der Waals surface area contributed by atoms with Crippen LogP contribution in [0, 0.1) is 11.7 Å². The molecule has 1 N–H and O–H groups in total. The summed E-state index contributed by atoms with van der Waals surface area (Å²) in [6.07, 6.45) is 2.91. The molecular weight excluding hydrogens is 233 g/mol. The Bertz CT molecular complexity index is 405. The van der Waals surface area contributed by atoms with E-state index in [2.05, 4.69) is 5.32 Å². The zero-order valence-corrected chi connectivity index (χ0v) is 10.5. The normalized spacial score (nSPS) is 23.0. The molecule has 18 heavy (non-hydrogen) atoms. The highest BCUT2D eigenvalue weighted by Crippen LogP contribution is 2.26. The molecule has 98 valence electrons. The number of ether oxygens (including phenoxy) is 1. The molecule has 4 heteroatoms. The average molecular weight is 251 g/mol. The van der Waals surface area contributed by atoms with Crippen molar-refractivity contribution in [1.82, 2.24) is 5.32 Å². The molecule has 1 aromatic carbocycles. The summed E-state index contributed by atoms with van der Waals surface area (Å²) < 4.78 is 17.6. The van der Waals surface area contributed by atoms with Gasteiger partial charge >= 0.3 is 5.97 Å². The van der Waals surface area contributed by atoms with Gasteiger partial charge in [-0.05, 0) is 30.5 Å². The van der Waals surface area contributed by atoms with Gasteiger partial charge in [-0.15, -0.1) is 0 Å². The van der Waals surface area contributed by atoms with Gasteiger partial charge in [-0.2, -0.15) is 0 Å². The van der Waals surface area contributed by atoms with Crippen LogP contribution in [0.4, 0.5) is 4.39 Å². The number of esters is 1. The second kappa shape index (κ2) is 5.96. The van der Waals surface area contributed by atoms with Gasteiger partial charge in [0.1, 0.15) is 5.82 Å². The Morgan fingerprint density at radius 3 is 2.78 bits per heavy atom. The predicted molar refractivity (Wildman–Crippen MR) is 66.4 cm³/mol. The summed E-state index contributed by atoms with van der Waals surface area (Å²) >= 11 is 0. The molecule has 1 saturated carbocycles. The number of carbonyl (C=O) groups is 1. The van der Waals surface area contributed by atoms with Crippen molar-refractivity contribution in [2.75, 3.05) is 7.11 Å². The minimum atomic E-state index is -0.230. The quantitative estimate of drug-likeness (QED) is 0.834. The number of carbonyl (C=O) groups excluding carboxylic acids is 1. The number of benzene rings is 1. The van der Waals surface area contributed by atoms with E-state index in [-0.39, 0.29) is 23.7 Å². The molecule has 1 aliphatic carbocycles. The Balaban J connectivity index is 1.89.